The fourth-order valence-corrected chi connectivity index (χ4v) is 0.186. The fraction of sp³-hybridized carbons (Fsp3) is 1.00. The highest BCUT2D eigenvalue weighted by molar-refractivity contribution is 4.69. The van der Waals surface area contributed by atoms with Crippen molar-refractivity contribution < 1.29 is 26.3 Å². The second-order valence-electron chi connectivity index (χ2n) is 1.80. The van der Waals surface area contributed by atoms with Crippen LogP contribution in [0.3, 0.4) is 0 Å². The Labute approximate surface area is 52.8 Å². The van der Waals surface area contributed by atoms with Crippen LogP contribution in [0, 0.1) is 5.92 Å². The van der Waals surface area contributed by atoms with Crippen molar-refractivity contribution in [2.45, 2.75) is 19.3 Å². The highest BCUT2D eigenvalue weighted by Crippen LogP contribution is 2.38. The lowest BCUT2D eigenvalue weighted by Crippen LogP contribution is -2.33. The Morgan fingerprint density at radius 3 is 1.00 bits per heavy atom. The largest absolute Gasteiger partial charge is 0.400 e. The van der Waals surface area contributed by atoms with Gasteiger partial charge in [0.2, 0.25) is 0 Å². The Morgan fingerprint density at radius 2 is 1.00 bits per heavy atom. The Balaban J connectivity index is 4.23. The zero-order valence-electron chi connectivity index (χ0n) is 4.85. The van der Waals surface area contributed by atoms with E-state index in [-0.39, 0.29) is 6.92 Å². The molecule has 62 valence electrons. The molecule has 0 fully saturated rings. The second kappa shape index (κ2) is 2.32. The van der Waals surface area contributed by atoms with Crippen LogP contribution in [0.4, 0.5) is 26.3 Å². The Morgan fingerprint density at radius 1 is 0.800 bits per heavy atom. The van der Waals surface area contributed by atoms with Gasteiger partial charge in [0.15, 0.2) is 0 Å². The van der Waals surface area contributed by atoms with E-state index < -0.39 is 18.3 Å². The average Bonchev–Trinajstić information content (AvgIpc) is 1.59. The average molecular weight is 166 g/mol. The lowest BCUT2D eigenvalue weighted by molar-refractivity contribution is -0.278. The number of halogens is 6. The lowest BCUT2D eigenvalue weighted by atomic mass is 10.2. The number of rotatable bonds is 0. The molecule has 0 aromatic heterocycles. The molecule has 0 unspecified atom stereocenters. The van der Waals surface area contributed by atoms with Gasteiger partial charge < -0.3 is 0 Å². The van der Waals surface area contributed by atoms with E-state index >= 15 is 0 Å². The summed E-state index contributed by atoms with van der Waals surface area (Å²) in [6, 6.07) is 0. The van der Waals surface area contributed by atoms with Crippen molar-refractivity contribution in [1.29, 1.82) is 0 Å². The molecule has 0 N–H and O–H groups in total. The molecule has 0 bridgehead atoms. The molecule has 0 saturated carbocycles. The summed E-state index contributed by atoms with van der Waals surface area (Å²) in [5.41, 5.74) is 0. The summed E-state index contributed by atoms with van der Waals surface area (Å²) >= 11 is 0. The highest BCUT2D eigenvalue weighted by atomic mass is 19.4. The third kappa shape index (κ3) is 2.45. The standard InChI is InChI=1S/C4H4F6/c1-2(3(5,6)7)4(8,9)10/h2H,1H3. The molecule has 0 saturated heterocycles. The maximum Gasteiger partial charge on any atom is 0.400 e. The summed E-state index contributed by atoms with van der Waals surface area (Å²) in [7, 11) is 0. The second-order valence-corrected chi connectivity index (χ2v) is 1.80. The molecular formula is C4H4F6. The van der Waals surface area contributed by atoms with Gasteiger partial charge in [0.25, 0.3) is 0 Å². The van der Waals surface area contributed by atoms with Gasteiger partial charge in [-0.25, -0.2) is 0 Å². The van der Waals surface area contributed by atoms with E-state index in [4.69, 9.17) is 0 Å². The van der Waals surface area contributed by atoms with Crippen LogP contribution >= 0.6 is 0 Å². The molecule has 0 aliphatic heterocycles. The van der Waals surface area contributed by atoms with Crippen molar-refractivity contribution in [2.75, 3.05) is 0 Å². The van der Waals surface area contributed by atoms with Crippen LogP contribution in [0.25, 0.3) is 0 Å². The first-order valence-corrected chi connectivity index (χ1v) is 2.29. The van der Waals surface area contributed by atoms with Crippen molar-refractivity contribution in [3.05, 3.63) is 0 Å². The molecule has 0 amide bonds. The summed E-state index contributed by atoms with van der Waals surface area (Å²) in [5.74, 6) is -3.24. The molecule has 0 aromatic rings. The van der Waals surface area contributed by atoms with Gasteiger partial charge in [-0.05, 0) is 6.92 Å². The molecular weight excluding hydrogens is 162 g/mol. The minimum absolute atomic E-state index is 0.0833. The van der Waals surface area contributed by atoms with Gasteiger partial charge in [-0.1, -0.05) is 0 Å². The zero-order chi connectivity index (χ0) is 8.58. The zero-order valence-corrected chi connectivity index (χ0v) is 4.85. The van der Waals surface area contributed by atoms with Crippen molar-refractivity contribution >= 4 is 0 Å². The van der Waals surface area contributed by atoms with Crippen molar-refractivity contribution in [3.63, 3.8) is 0 Å². The van der Waals surface area contributed by atoms with E-state index in [9.17, 15) is 26.3 Å². The molecule has 0 aliphatic rings. The van der Waals surface area contributed by atoms with Crippen LogP contribution in [-0.4, -0.2) is 12.4 Å². The van der Waals surface area contributed by atoms with Gasteiger partial charge in [0.1, 0.15) is 5.92 Å². The van der Waals surface area contributed by atoms with Gasteiger partial charge in [-0.2, -0.15) is 26.3 Å². The molecule has 6 heteroatoms. The van der Waals surface area contributed by atoms with E-state index in [2.05, 4.69) is 0 Å². The van der Waals surface area contributed by atoms with E-state index in [0.29, 0.717) is 0 Å². The van der Waals surface area contributed by atoms with Crippen LogP contribution in [0.1, 0.15) is 6.92 Å². The van der Waals surface area contributed by atoms with Gasteiger partial charge in [0.05, 0.1) is 0 Å². The van der Waals surface area contributed by atoms with Crippen LogP contribution in [0.15, 0.2) is 0 Å². The van der Waals surface area contributed by atoms with E-state index in [1.54, 1.807) is 0 Å². The fourth-order valence-electron chi connectivity index (χ4n) is 0.186. The third-order valence-corrected chi connectivity index (χ3v) is 0.982. The molecule has 0 nitrogen and oxygen atoms in total. The molecule has 0 heterocycles. The minimum Gasteiger partial charge on any atom is -0.170 e. The molecule has 0 radical (unpaired) electrons. The van der Waals surface area contributed by atoms with Crippen molar-refractivity contribution in [3.8, 4) is 0 Å². The molecule has 10 heavy (non-hydrogen) atoms. The normalized spacial score (nSPS) is 14.4. The smallest absolute Gasteiger partial charge is 0.170 e. The van der Waals surface area contributed by atoms with Gasteiger partial charge >= 0.3 is 12.4 Å². The van der Waals surface area contributed by atoms with Gasteiger partial charge in [0, 0.05) is 0 Å². The highest BCUT2D eigenvalue weighted by Gasteiger charge is 2.53. The molecule has 0 spiro atoms. The lowest BCUT2D eigenvalue weighted by Gasteiger charge is -2.17. The summed E-state index contributed by atoms with van der Waals surface area (Å²) < 4.78 is 67.4. The Hall–Kier alpha value is -0.420. The number of hydrogen-bond donors (Lipinski definition) is 0. The van der Waals surface area contributed by atoms with Gasteiger partial charge in [-0.3, -0.25) is 0 Å². The Bertz CT molecular complexity index is 93.9. The summed E-state index contributed by atoms with van der Waals surface area (Å²) in [5, 5.41) is 0. The number of alkyl halides is 6. The Kier molecular flexibility index (Phi) is 2.22. The van der Waals surface area contributed by atoms with E-state index in [1.807, 2.05) is 0 Å². The molecule has 0 rings (SSSR count). The van der Waals surface area contributed by atoms with Crippen LogP contribution in [0.2, 0.25) is 0 Å². The van der Waals surface area contributed by atoms with E-state index in [0.717, 1.165) is 0 Å². The molecule has 0 aromatic carbocycles. The first kappa shape index (κ1) is 9.58. The molecule has 0 aliphatic carbocycles. The first-order valence-electron chi connectivity index (χ1n) is 2.29. The molecule has 0 atom stereocenters. The maximum absolute atomic E-state index is 11.2. The number of hydrogen-bond acceptors (Lipinski definition) is 0. The first-order chi connectivity index (χ1) is 4.15. The van der Waals surface area contributed by atoms with Crippen molar-refractivity contribution in [2.24, 2.45) is 5.92 Å². The minimum atomic E-state index is -5.18. The van der Waals surface area contributed by atoms with Crippen LogP contribution < -0.4 is 0 Å². The maximum atomic E-state index is 11.2. The predicted octanol–water partition coefficient (Wildman–Crippen LogP) is 2.75. The SMILES string of the molecule is CC(C(F)(F)F)C(F)(F)F. The van der Waals surface area contributed by atoms with Crippen molar-refractivity contribution in [1.82, 2.24) is 0 Å². The summed E-state index contributed by atoms with van der Waals surface area (Å²) in [6.45, 7) is 0.0833. The van der Waals surface area contributed by atoms with Crippen LogP contribution in [0.5, 0.6) is 0 Å². The topological polar surface area (TPSA) is 0 Å². The summed E-state index contributed by atoms with van der Waals surface area (Å²) in [4.78, 5) is 0. The monoisotopic (exact) mass is 166 g/mol. The van der Waals surface area contributed by atoms with Crippen LogP contribution in [-0.2, 0) is 0 Å². The van der Waals surface area contributed by atoms with Gasteiger partial charge in [-0.15, -0.1) is 0 Å². The summed E-state index contributed by atoms with van der Waals surface area (Å²) in [6.07, 6.45) is -10.4. The predicted molar refractivity (Wildman–Crippen MR) is 21.3 cm³/mol. The quantitative estimate of drug-likeness (QED) is 0.485. The third-order valence-electron chi connectivity index (χ3n) is 0.982. The van der Waals surface area contributed by atoms with E-state index in [1.165, 1.54) is 0 Å².